The molecule has 2 aromatic rings. The van der Waals surface area contributed by atoms with Gasteiger partial charge >= 0.3 is 0 Å². The number of halogens is 2. The van der Waals surface area contributed by atoms with E-state index >= 15 is 0 Å². The van der Waals surface area contributed by atoms with Gasteiger partial charge in [0.2, 0.25) is 5.89 Å². The smallest absolute Gasteiger partial charge is 0.237 e. The van der Waals surface area contributed by atoms with E-state index in [1.54, 1.807) is 17.5 Å². The molecule has 0 atom stereocenters. The largest absolute Gasteiger partial charge is 0.430 e. The predicted molar refractivity (Wildman–Crippen MR) is 65.3 cm³/mol. The maximum absolute atomic E-state index is 5.37. The Morgan fingerprint density at radius 2 is 2.17 bits per heavy atom. The summed E-state index contributed by atoms with van der Waals surface area (Å²) in [6.07, 6.45) is 1.72. The average Bonchev–Trinajstić information content (AvgIpc) is 2.58. The maximum Gasteiger partial charge on any atom is 0.237 e. The molecule has 0 aliphatic rings. The summed E-state index contributed by atoms with van der Waals surface area (Å²) in [5, 5.41) is 0. The van der Waals surface area contributed by atoms with Crippen LogP contribution in [0.15, 0.2) is 22.7 Å². The van der Waals surface area contributed by atoms with Crippen LogP contribution in [0.5, 0.6) is 0 Å². The second-order valence-electron chi connectivity index (χ2n) is 2.07. The van der Waals surface area contributed by atoms with Crippen molar-refractivity contribution in [3.8, 4) is 10.8 Å². The molecule has 2 heterocycles. The Bertz CT molecular complexity index is 357. The zero-order valence-electron chi connectivity index (χ0n) is 5.75. The van der Waals surface area contributed by atoms with Crippen LogP contribution < -0.4 is 0 Å². The molecule has 0 saturated carbocycles. The van der Waals surface area contributed by atoms with Crippen molar-refractivity contribution in [2.45, 2.75) is 0 Å². The Balaban J connectivity index is 2.43. The van der Waals surface area contributed by atoms with E-state index < -0.39 is 0 Å². The van der Waals surface area contributed by atoms with E-state index in [1.165, 1.54) is 2.88 Å². The second-order valence-corrected chi connectivity index (χ2v) is 6.11. The topological polar surface area (TPSA) is 26.0 Å². The molecule has 0 aromatic carbocycles. The Labute approximate surface area is 101 Å². The first-order chi connectivity index (χ1) is 5.75. The van der Waals surface area contributed by atoms with Crippen molar-refractivity contribution in [1.82, 2.24) is 4.98 Å². The standard InChI is InChI=1S/C7H3I2NOS/c8-5-3-10-7(11-5)4-1-2-6(9)12-4/h1-3H. The van der Waals surface area contributed by atoms with Crippen LogP contribution in [0.1, 0.15) is 0 Å². The molecule has 0 aliphatic heterocycles. The highest BCUT2D eigenvalue weighted by molar-refractivity contribution is 14.1. The number of oxazole rings is 1. The van der Waals surface area contributed by atoms with E-state index in [0.717, 1.165) is 8.64 Å². The molecule has 0 bridgehead atoms. The zero-order chi connectivity index (χ0) is 8.55. The lowest BCUT2D eigenvalue weighted by Gasteiger charge is -1.84. The van der Waals surface area contributed by atoms with Crippen molar-refractivity contribution >= 4 is 56.5 Å². The van der Waals surface area contributed by atoms with Crippen LogP contribution in [0.2, 0.25) is 0 Å². The van der Waals surface area contributed by atoms with Gasteiger partial charge in [-0.2, -0.15) is 0 Å². The van der Waals surface area contributed by atoms with Crippen LogP contribution in [0.3, 0.4) is 0 Å². The molecule has 2 nitrogen and oxygen atoms in total. The Hall–Kier alpha value is 0.370. The summed E-state index contributed by atoms with van der Waals surface area (Å²) in [5.74, 6) is 0.715. The summed E-state index contributed by atoms with van der Waals surface area (Å²) in [4.78, 5) is 5.22. The summed E-state index contributed by atoms with van der Waals surface area (Å²) in [6, 6.07) is 4.08. The van der Waals surface area contributed by atoms with Gasteiger partial charge in [0.1, 0.15) is 0 Å². The normalized spacial score (nSPS) is 10.5. The number of hydrogen-bond donors (Lipinski definition) is 0. The quantitative estimate of drug-likeness (QED) is 0.681. The van der Waals surface area contributed by atoms with Gasteiger partial charge in [0.15, 0.2) is 3.77 Å². The van der Waals surface area contributed by atoms with Gasteiger partial charge in [0.25, 0.3) is 0 Å². The van der Waals surface area contributed by atoms with Crippen LogP contribution in [0, 0.1) is 6.65 Å². The first-order valence-electron chi connectivity index (χ1n) is 3.13. The zero-order valence-corrected chi connectivity index (χ0v) is 10.9. The molecule has 2 aromatic heterocycles. The molecule has 0 fully saturated rings. The fraction of sp³-hybridized carbons (Fsp3) is 0. The molecule has 62 valence electrons. The number of aromatic nitrogens is 1. The third-order valence-electron chi connectivity index (χ3n) is 1.26. The predicted octanol–water partition coefficient (Wildman–Crippen LogP) is 3.61. The van der Waals surface area contributed by atoms with Crippen LogP contribution in [-0.2, 0) is 0 Å². The lowest BCUT2D eigenvalue weighted by molar-refractivity contribution is 0.548. The molecule has 0 aliphatic carbocycles. The van der Waals surface area contributed by atoms with Gasteiger partial charge in [0, 0.05) is 22.6 Å². The van der Waals surface area contributed by atoms with E-state index in [0.29, 0.717) is 5.89 Å². The van der Waals surface area contributed by atoms with Crippen LogP contribution in [0.25, 0.3) is 10.8 Å². The molecule has 0 amide bonds. The molecule has 2 rings (SSSR count). The van der Waals surface area contributed by atoms with Crippen LogP contribution in [0.4, 0.5) is 0 Å². The Morgan fingerprint density at radius 3 is 2.67 bits per heavy atom. The molecule has 0 unspecified atom stereocenters. The van der Waals surface area contributed by atoms with Gasteiger partial charge in [-0.3, -0.25) is 0 Å². The van der Waals surface area contributed by atoms with Crippen molar-refractivity contribution < 1.29 is 4.42 Å². The summed E-state index contributed by atoms with van der Waals surface area (Å²) in [6.45, 7) is 0. The fourth-order valence-electron chi connectivity index (χ4n) is 0.798. The lowest BCUT2D eigenvalue weighted by atomic mass is 10.5. The van der Waals surface area contributed by atoms with E-state index in [2.05, 4.69) is 56.2 Å². The van der Waals surface area contributed by atoms with Crippen molar-refractivity contribution in [2.24, 2.45) is 0 Å². The minimum absolute atomic E-state index is 0.715. The van der Waals surface area contributed by atoms with E-state index in [4.69, 9.17) is 4.42 Å². The first kappa shape index (κ1) is 8.95. The Morgan fingerprint density at radius 1 is 1.33 bits per heavy atom. The fourth-order valence-corrected chi connectivity index (χ4v) is 2.70. The van der Waals surface area contributed by atoms with Crippen molar-refractivity contribution in [3.63, 3.8) is 0 Å². The number of rotatable bonds is 1. The summed E-state index contributed by atoms with van der Waals surface area (Å²) >= 11 is 6.07. The highest BCUT2D eigenvalue weighted by atomic mass is 127. The molecule has 12 heavy (non-hydrogen) atoms. The monoisotopic (exact) mass is 403 g/mol. The molecule has 0 spiro atoms. The molecule has 5 heteroatoms. The summed E-state index contributed by atoms with van der Waals surface area (Å²) in [5.41, 5.74) is 0. The lowest BCUT2D eigenvalue weighted by Crippen LogP contribution is -1.66. The van der Waals surface area contributed by atoms with E-state index in [9.17, 15) is 0 Å². The number of nitrogens with zero attached hydrogens (tertiary/aromatic N) is 1. The van der Waals surface area contributed by atoms with Gasteiger partial charge in [-0.1, -0.05) is 0 Å². The molecular formula is C7H3I2NOS. The second kappa shape index (κ2) is 3.62. The highest BCUT2D eigenvalue weighted by Gasteiger charge is 2.06. The van der Waals surface area contributed by atoms with E-state index in [-0.39, 0.29) is 0 Å². The van der Waals surface area contributed by atoms with Crippen LogP contribution >= 0.6 is 56.5 Å². The third-order valence-corrected chi connectivity index (χ3v) is 3.64. The van der Waals surface area contributed by atoms with E-state index in [1.807, 2.05) is 6.07 Å². The van der Waals surface area contributed by atoms with Crippen molar-refractivity contribution in [3.05, 3.63) is 25.0 Å². The summed E-state index contributed by atoms with van der Waals surface area (Å²) in [7, 11) is 0. The molecule has 0 N–H and O–H groups in total. The first-order valence-corrected chi connectivity index (χ1v) is 6.10. The van der Waals surface area contributed by atoms with Crippen LogP contribution in [-0.4, -0.2) is 4.98 Å². The van der Waals surface area contributed by atoms with Crippen molar-refractivity contribution in [1.29, 1.82) is 0 Å². The Kier molecular flexibility index (Phi) is 2.70. The number of thiophene rings is 1. The third kappa shape index (κ3) is 1.82. The highest BCUT2D eigenvalue weighted by Crippen LogP contribution is 2.28. The van der Waals surface area contributed by atoms with Gasteiger partial charge in [-0.05, 0) is 34.7 Å². The SMILES string of the molecule is Ic1cnc(-c2ccc(I)s2)o1. The van der Waals surface area contributed by atoms with Gasteiger partial charge < -0.3 is 4.42 Å². The molecular weight excluding hydrogens is 400 g/mol. The van der Waals surface area contributed by atoms with Gasteiger partial charge in [-0.25, -0.2) is 4.98 Å². The minimum atomic E-state index is 0.715. The minimum Gasteiger partial charge on any atom is -0.430 e. The average molecular weight is 403 g/mol. The molecule has 0 saturated heterocycles. The van der Waals surface area contributed by atoms with Gasteiger partial charge in [-0.15, -0.1) is 11.3 Å². The molecule has 0 radical (unpaired) electrons. The van der Waals surface area contributed by atoms with Gasteiger partial charge in [0.05, 0.1) is 14.0 Å². The van der Waals surface area contributed by atoms with Crippen molar-refractivity contribution in [2.75, 3.05) is 0 Å². The summed E-state index contributed by atoms with van der Waals surface area (Å²) < 4.78 is 7.44. The number of hydrogen-bond acceptors (Lipinski definition) is 3. The maximum atomic E-state index is 5.37.